The van der Waals surface area contributed by atoms with Crippen LogP contribution in [0.2, 0.25) is 5.02 Å². The topological polar surface area (TPSA) is 12.0 Å². The Morgan fingerprint density at radius 2 is 2.35 bits per heavy atom. The molecular weight excluding hydrogens is 237 g/mol. The quantitative estimate of drug-likeness (QED) is 0.864. The van der Waals surface area contributed by atoms with Crippen molar-refractivity contribution in [3.05, 3.63) is 34.3 Å². The number of nitrogens with one attached hydrogen (secondary N) is 1. The SMILES string of the molecule is CC(F)c1c(Cl)cccc1CC1CCCNC1. The minimum atomic E-state index is -0.991. The zero-order valence-corrected chi connectivity index (χ0v) is 10.9. The summed E-state index contributed by atoms with van der Waals surface area (Å²) in [6, 6.07) is 5.70. The van der Waals surface area contributed by atoms with Gasteiger partial charge in [-0.2, -0.15) is 0 Å². The lowest BCUT2D eigenvalue weighted by Crippen LogP contribution is -2.31. The van der Waals surface area contributed by atoms with E-state index < -0.39 is 6.17 Å². The first-order chi connectivity index (χ1) is 8.18. The van der Waals surface area contributed by atoms with Gasteiger partial charge in [-0.25, -0.2) is 4.39 Å². The van der Waals surface area contributed by atoms with E-state index in [1.165, 1.54) is 12.8 Å². The minimum absolute atomic E-state index is 0.557. The second kappa shape index (κ2) is 5.83. The molecule has 1 aliphatic heterocycles. The fourth-order valence-corrected chi connectivity index (χ4v) is 2.96. The maximum atomic E-state index is 13.6. The first kappa shape index (κ1) is 12.8. The van der Waals surface area contributed by atoms with Crippen LogP contribution in [0.5, 0.6) is 0 Å². The molecule has 1 aliphatic rings. The number of piperidine rings is 1. The monoisotopic (exact) mass is 255 g/mol. The predicted molar refractivity (Wildman–Crippen MR) is 70.3 cm³/mol. The van der Waals surface area contributed by atoms with Gasteiger partial charge in [0.15, 0.2) is 0 Å². The molecule has 1 fully saturated rings. The zero-order chi connectivity index (χ0) is 12.3. The van der Waals surface area contributed by atoms with Gasteiger partial charge in [-0.1, -0.05) is 23.7 Å². The largest absolute Gasteiger partial charge is 0.316 e. The van der Waals surface area contributed by atoms with E-state index in [0.717, 1.165) is 25.1 Å². The Hall–Kier alpha value is -0.600. The molecule has 0 radical (unpaired) electrons. The Kier molecular flexibility index (Phi) is 4.41. The van der Waals surface area contributed by atoms with Crippen LogP contribution in [0.15, 0.2) is 18.2 Å². The molecule has 17 heavy (non-hydrogen) atoms. The summed E-state index contributed by atoms with van der Waals surface area (Å²) >= 11 is 6.09. The fraction of sp³-hybridized carbons (Fsp3) is 0.571. The third kappa shape index (κ3) is 3.20. The van der Waals surface area contributed by atoms with Gasteiger partial charge in [-0.15, -0.1) is 0 Å². The highest BCUT2D eigenvalue weighted by atomic mass is 35.5. The van der Waals surface area contributed by atoms with Crippen molar-refractivity contribution in [3.8, 4) is 0 Å². The first-order valence-electron chi connectivity index (χ1n) is 6.30. The molecule has 2 atom stereocenters. The number of benzene rings is 1. The molecule has 1 heterocycles. The number of rotatable bonds is 3. The van der Waals surface area contributed by atoms with Gasteiger partial charge >= 0.3 is 0 Å². The van der Waals surface area contributed by atoms with Crippen LogP contribution in [0.25, 0.3) is 0 Å². The molecule has 94 valence electrons. The first-order valence-corrected chi connectivity index (χ1v) is 6.68. The van der Waals surface area contributed by atoms with Crippen LogP contribution in [0.3, 0.4) is 0 Å². The lowest BCUT2D eigenvalue weighted by Gasteiger charge is -2.24. The second-order valence-corrected chi connectivity index (χ2v) is 5.25. The molecule has 0 amide bonds. The van der Waals surface area contributed by atoms with E-state index in [4.69, 9.17) is 11.6 Å². The lowest BCUT2D eigenvalue weighted by atomic mass is 9.89. The van der Waals surface area contributed by atoms with Crippen molar-refractivity contribution in [3.63, 3.8) is 0 Å². The molecule has 0 bridgehead atoms. The van der Waals surface area contributed by atoms with Gasteiger partial charge in [0.25, 0.3) is 0 Å². The third-order valence-electron chi connectivity index (χ3n) is 3.45. The van der Waals surface area contributed by atoms with E-state index in [1.807, 2.05) is 12.1 Å². The Labute approximate surface area is 107 Å². The molecule has 0 saturated carbocycles. The van der Waals surface area contributed by atoms with Gasteiger partial charge in [0.05, 0.1) is 0 Å². The van der Waals surface area contributed by atoms with Crippen molar-refractivity contribution in [2.75, 3.05) is 13.1 Å². The van der Waals surface area contributed by atoms with Crippen LogP contribution in [-0.2, 0) is 6.42 Å². The molecule has 0 aromatic heterocycles. The van der Waals surface area contributed by atoms with Crippen molar-refractivity contribution in [2.24, 2.45) is 5.92 Å². The van der Waals surface area contributed by atoms with Crippen LogP contribution >= 0.6 is 11.6 Å². The van der Waals surface area contributed by atoms with Crippen molar-refractivity contribution in [1.82, 2.24) is 5.32 Å². The van der Waals surface area contributed by atoms with E-state index in [-0.39, 0.29) is 0 Å². The molecule has 0 aliphatic carbocycles. The second-order valence-electron chi connectivity index (χ2n) is 4.85. The molecule has 2 rings (SSSR count). The zero-order valence-electron chi connectivity index (χ0n) is 10.2. The average Bonchev–Trinajstić information content (AvgIpc) is 2.30. The van der Waals surface area contributed by atoms with Crippen molar-refractivity contribution in [2.45, 2.75) is 32.4 Å². The van der Waals surface area contributed by atoms with Crippen LogP contribution in [0.1, 0.15) is 37.1 Å². The van der Waals surface area contributed by atoms with Gasteiger partial charge in [-0.05, 0) is 56.8 Å². The summed E-state index contributed by atoms with van der Waals surface area (Å²) in [5.41, 5.74) is 1.75. The van der Waals surface area contributed by atoms with E-state index >= 15 is 0 Å². The van der Waals surface area contributed by atoms with E-state index in [0.29, 0.717) is 16.5 Å². The Morgan fingerprint density at radius 3 is 3.00 bits per heavy atom. The highest BCUT2D eigenvalue weighted by molar-refractivity contribution is 6.31. The molecule has 3 heteroatoms. The van der Waals surface area contributed by atoms with Gasteiger partial charge in [0.1, 0.15) is 6.17 Å². The molecule has 0 spiro atoms. The number of halogens is 2. The summed E-state index contributed by atoms with van der Waals surface area (Å²) in [7, 11) is 0. The standard InChI is InChI=1S/C14H19ClFN/c1-10(16)14-12(5-2-6-13(14)15)8-11-4-3-7-17-9-11/h2,5-6,10-11,17H,3-4,7-9H2,1H3. The van der Waals surface area contributed by atoms with Crippen molar-refractivity contribution in [1.29, 1.82) is 0 Å². The van der Waals surface area contributed by atoms with E-state index in [2.05, 4.69) is 5.32 Å². The molecule has 1 aromatic carbocycles. The van der Waals surface area contributed by atoms with Gasteiger partial charge in [0.2, 0.25) is 0 Å². The Bertz CT molecular complexity index is 372. The number of alkyl halides is 1. The van der Waals surface area contributed by atoms with Gasteiger partial charge < -0.3 is 5.32 Å². The number of hydrogen-bond acceptors (Lipinski definition) is 1. The van der Waals surface area contributed by atoms with Gasteiger partial charge in [-0.3, -0.25) is 0 Å². The summed E-state index contributed by atoms with van der Waals surface area (Å²) in [4.78, 5) is 0. The predicted octanol–water partition coefficient (Wildman–Crippen LogP) is 3.91. The summed E-state index contributed by atoms with van der Waals surface area (Å²) in [6.07, 6.45) is 2.37. The highest BCUT2D eigenvalue weighted by Crippen LogP contribution is 2.31. The molecule has 1 nitrogen and oxygen atoms in total. The van der Waals surface area contributed by atoms with Crippen molar-refractivity contribution >= 4 is 11.6 Å². The smallest absolute Gasteiger partial charge is 0.124 e. The van der Waals surface area contributed by atoms with Crippen molar-refractivity contribution < 1.29 is 4.39 Å². The fourth-order valence-electron chi connectivity index (χ4n) is 2.61. The maximum Gasteiger partial charge on any atom is 0.124 e. The summed E-state index contributed by atoms with van der Waals surface area (Å²) in [5.74, 6) is 0.611. The normalized spacial score (nSPS) is 22.4. The molecule has 1 saturated heterocycles. The minimum Gasteiger partial charge on any atom is -0.316 e. The Morgan fingerprint density at radius 1 is 1.53 bits per heavy atom. The van der Waals surface area contributed by atoms with Crippen LogP contribution in [-0.4, -0.2) is 13.1 Å². The highest BCUT2D eigenvalue weighted by Gasteiger charge is 2.18. The summed E-state index contributed by atoms with van der Waals surface area (Å²) in [5, 5.41) is 3.95. The Balaban J connectivity index is 2.16. The third-order valence-corrected chi connectivity index (χ3v) is 3.78. The molecule has 1 N–H and O–H groups in total. The van der Waals surface area contributed by atoms with E-state index in [9.17, 15) is 4.39 Å². The van der Waals surface area contributed by atoms with Crippen LogP contribution < -0.4 is 5.32 Å². The maximum absolute atomic E-state index is 13.6. The molecular formula is C14H19ClFN. The summed E-state index contributed by atoms with van der Waals surface area (Å²) < 4.78 is 13.6. The van der Waals surface area contributed by atoms with Gasteiger partial charge in [0, 0.05) is 10.6 Å². The van der Waals surface area contributed by atoms with E-state index in [1.54, 1.807) is 13.0 Å². The molecule has 2 unspecified atom stereocenters. The lowest BCUT2D eigenvalue weighted by molar-refractivity contribution is 0.357. The summed E-state index contributed by atoms with van der Waals surface area (Å²) in [6.45, 7) is 3.70. The average molecular weight is 256 g/mol. The molecule has 1 aromatic rings. The van der Waals surface area contributed by atoms with Crippen LogP contribution in [0, 0.1) is 5.92 Å². The van der Waals surface area contributed by atoms with Crippen LogP contribution in [0.4, 0.5) is 4.39 Å². The number of hydrogen-bond donors (Lipinski definition) is 1.